The van der Waals surface area contributed by atoms with Crippen LogP contribution < -0.4 is 4.90 Å². The molecule has 0 aliphatic carbocycles. The number of halogens is 1. The number of benzene rings is 1. The number of aromatic nitrogens is 2. The van der Waals surface area contributed by atoms with Gasteiger partial charge in [0, 0.05) is 52.5 Å². The highest BCUT2D eigenvalue weighted by Gasteiger charge is 2.36. The Morgan fingerprint density at radius 1 is 1.13 bits per heavy atom. The Labute approximate surface area is 188 Å². The van der Waals surface area contributed by atoms with Crippen LogP contribution in [-0.4, -0.2) is 72.6 Å². The van der Waals surface area contributed by atoms with Crippen molar-refractivity contribution in [2.45, 2.75) is 24.8 Å². The molecule has 0 saturated carbocycles. The largest absolute Gasteiger partial charge is 0.368 e. The first-order chi connectivity index (χ1) is 14.8. The lowest BCUT2D eigenvalue weighted by Crippen LogP contribution is -2.49. The van der Waals surface area contributed by atoms with Crippen molar-refractivity contribution in [2.24, 2.45) is 13.0 Å². The fraction of sp³-hybridized carbons (Fsp3) is 0.524. The standard InChI is InChI=1S/C21H28ClN5O3S/c1-16-6-5-9-26(14-16)21(28)17-15-24(2)23-20(17)31(29,30)27-12-10-25(11-13-27)19-8-4-3-7-18(19)22/h3-4,7-8,15-16H,5-6,9-14H2,1-2H3/t16-/m0/s1. The number of hydrogen-bond acceptors (Lipinski definition) is 5. The number of para-hydroxylation sites is 1. The van der Waals surface area contributed by atoms with E-state index < -0.39 is 10.0 Å². The van der Waals surface area contributed by atoms with E-state index in [0.717, 1.165) is 18.5 Å². The van der Waals surface area contributed by atoms with Crippen LogP contribution in [0.5, 0.6) is 0 Å². The molecular formula is C21H28ClN5O3S. The predicted molar refractivity (Wildman–Crippen MR) is 120 cm³/mol. The number of hydrogen-bond donors (Lipinski definition) is 0. The highest BCUT2D eigenvalue weighted by Crippen LogP contribution is 2.28. The van der Waals surface area contributed by atoms with Gasteiger partial charge in [0.1, 0.15) is 0 Å². The third-order valence-corrected chi connectivity index (χ3v) is 8.14. The maximum atomic E-state index is 13.4. The van der Waals surface area contributed by atoms with E-state index in [4.69, 9.17) is 11.6 Å². The molecule has 4 rings (SSSR count). The average molecular weight is 466 g/mol. The summed E-state index contributed by atoms with van der Waals surface area (Å²) in [5.74, 6) is 0.153. The molecule has 2 saturated heterocycles. The summed E-state index contributed by atoms with van der Waals surface area (Å²) >= 11 is 6.29. The number of likely N-dealkylation sites (tertiary alicyclic amines) is 1. The summed E-state index contributed by atoms with van der Waals surface area (Å²) in [6, 6.07) is 7.54. The number of nitrogens with zero attached hydrogens (tertiary/aromatic N) is 5. The Kier molecular flexibility index (Phi) is 6.27. The van der Waals surface area contributed by atoms with Crippen molar-refractivity contribution in [3.05, 3.63) is 41.0 Å². The van der Waals surface area contributed by atoms with E-state index in [1.807, 2.05) is 24.3 Å². The van der Waals surface area contributed by atoms with Crippen LogP contribution >= 0.6 is 11.6 Å². The van der Waals surface area contributed by atoms with Crippen LogP contribution in [0.4, 0.5) is 5.69 Å². The van der Waals surface area contributed by atoms with Crippen LogP contribution in [0, 0.1) is 5.92 Å². The van der Waals surface area contributed by atoms with Crippen LogP contribution in [0.25, 0.3) is 0 Å². The Morgan fingerprint density at radius 3 is 2.52 bits per heavy atom. The molecule has 2 aromatic rings. The third-order valence-electron chi connectivity index (χ3n) is 5.99. The Morgan fingerprint density at radius 2 is 1.84 bits per heavy atom. The smallest absolute Gasteiger partial charge is 0.263 e. The van der Waals surface area contributed by atoms with Gasteiger partial charge in [-0.2, -0.15) is 9.40 Å². The van der Waals surface area contributed by atoms with Gasteiger partial charge in [0.05, 0.1) is 16.3 Å². The fourth-order valence-electron chi connectivity index (χ4n) is 4.35. The molecule has 1 amide bonds. The number of rotatable bonds is 4. The van der Waals surface area contributed by atoms with Gasteiger partial charge in [-0.05, 0) is 30.9 Å². The second kappa shape index (κ2) is 8.80. The second-order valence-corrected chi connectivity index (χ2v) is 10.6. The van der Waals surface area contributed by atoms with E-state index in [1.165, 1.54) is 15.2 Å². The van der Waals surface area contributed by atoms with Gasteiger partial charge in [0.15, 0.2) is 0 Å². The summed E-state index contributed by atoms with van der Waals surface area (Å²) < 4.78 is 29.7. The van der Waals surface area contributed by atoms with Crippen LogP contribution in [0.15, 0.2) is 35.5 Å². The lowest BCUT2D eigenvalue weighted by atomic mass is 10.00. The second-order valence-electron chi connectivity index (χ2n) is 8.36. The molecule has 10 heteroatoms. The summed E-state index contributed by atoms with van der Waals surface area (Å²) in [7, 11) is -2.25. The van der Waals surface area contributed by atoms with E-state index in [2.05, 4.69) is 16.9 Å². The number of anilines is 1. The van der Waals surface area contributed by atoms with Crippen LogP contribution in [0.3, 0.4) is 0 Å². The summed E-state index contributed by atoms with van der Waals surface area (Å²) in [6.07, 6.45) is 3.53. The zero-order chi connectivity index (χ0) is 22.2. The van der Waals surface area contributed by atoms with Gasteiger partial charge >= 0.3 is 0 Å². The molecule has 2 aliphatic heterocycles. The molecule has 3 heterocycles. The summed E-state index contributed by atoms with van der Waals surface area (Å²) in [6.45, 7) is 5.04. The summed E-state index contributed by atoms with van der Waals surface area (Å²) in [5, 5.41) is 4.69. The van der Waals surface area contributed by atoms with Gasteiger partial charge in [-0.3, -0.25) is 9.48 Å². The molecule has 0 radical (unpaired) electrons. The minimum Gasteiger partial charge on any atom is -0.368 e. The molecular weight excluding hydrogens is 438 g/mol. The van der Waals surface area contributed by atoms with Crippen molar-refractivity contribution in [1.29, 1.82) is 0 Å². The van der Waals surface area contributed by atoms with Gasteiger partial charge in [0.25, 0.3) is 15.9 Å². The van der Waals surface area contributed by atoms with Crippen molar-refractivity contribution in [3.63, 3.8) is 0 Å². The van der Waals surface area contributed by atoms with Crippen LogP contribution in [-0.2, 0) is 17.1 Å². The predicted octanol–water partition coefficient (Wildman–Crippen LogP) is 2.46. The molecule has 0 bridgehead atoms. The minimum atomic E-state index is -3.89. The molecule has 1 aromatic heterocycles. The first-order valence-corrected chi connectivity index (χ1v) is 12.4. The molecule has 2 fully saturated rings. The zero-order valence-corrected chi connectivity index (χ0v) is 19.4. The topological polar surface area (TPSA) is 78.8 Å². The lowest BCUT2D eigenvalue weighted by molar-refractivity contribution is 0.0679. The summed E-state index contributed by atoms with van der Waals surface area (Å²) in [4.78, 5) is 17.0. The highest BCUT2D eigenvalue weighted by molar-refractivity contribution is 7.89. The number of piperidine rings is 1. The molecule has 31 heavy (non-hydrogen) atoms. The Balaban J connectivity index is 1.53. The molecule has 2 aliphatic rings. The van der Waals surface area contributed by atoms with Crippen molar-refractivity contribution < 1.29 is 13.2 Å². The molecule has 0 N–H and O–H groups in total. The third kappa shape index (κ3) is 4.44. The van der Waals surface area contributed by atoms with E-state index in [1.54, 1.807) is 11.9 Å². The van der Waals surface area contributed by atoms with Gasteiger partial charge in [0.2, 0.25) is 5.03 Å². The normalized spacial score (nSPS) is 20.8. The van der Waals surface area contributed by atoms with Crippen LogP contribution in [0.1, 0.15) is 30.1 Å². The number of aryl methyl sites for hydroxylation is 1. The molecule has 0 spiro atoms. The van der Waals surface area contributed by atoms with Gasteiger partial charge in [-0.25, -0.2) is 8.42 Å². The van der Waals surface area contributed by atoms with E-state index in [9.17, 15) is 13.2 Å². The van der Waals surface area contributed by atoms with E-state index in [0.29, 0.717) is 50.2 Å². The van der Waals surface area contributed by atoms with E-state index >= 15 is 0 Å². The highest BCUT2D eigenvalue weighted by atomic mass is 35.5. The summed E-state index contributed by atoms with van der Waals surface area (Å²) in [5.41, 5.74) is 1.05. The molecule has 1 aromatic carbocycles. The number of carbonyl (C=O) groups excluding carboxylic acids is 1. The monoisotopic (exact) mass is 465 g/mol. The molecule has 8 nitrogen and oxygen atoms in total. The van der Waals surface area contributed by atoms with Gasteiger partial charge in [-0.15, -0.1) is 0 Å². The van der Waals surface area contributed by atoms with E-state index in [-0.39, 0.29) is 16.5 Å². The maximum Gasteiger partial charge on any atom is 0.263 e. The maximum absolute atomic E-state index is 13.4. The quantitative estimate of drug-likeness (QED) is 0.693. The van der Waals surface area contributed by atoms with Crippen molar-refractivity contribution in [2.75, 3.05) is 44.2 Å². The van der Waals surface area contributed by atoms with Gasteiger partial charge in [-0.1, -0.05) is 30.7 Å². The number of amides is 1. The molecule has 0 unspecified atom stereocenters. The zero-order valence-electron chi connectivity index (χ0n) is 17.9. The SMILES string of the molecule is C[C@H]1CCCN(C(=O)c2cn(C)nc2S(=O)(=O)N2CCN(c3ccccc3Cl)CC2)C1. The number of sulfonamides is 1. The molecule has 1 atom stereocenters. The number of carbonyl (C=O) groups is 1. The minimum absolute atomic E-state index is 0.149. The van der Waals surface area contributed by atoms with Crippen LogP contribution in [0.2, 0.25) is 5.02 Å². The van der Waals surface area contributed by atoms with Crippen molar-refractivity contribution in [1.82, 2.24) is 19.0 Å². The first kappa shape index (κ1) is 22.1. The Bertz CT molecular complexity index is 1060. The molecule has 168 valence electrons. The average Bonchev–Trinajstić information content (AvgIpc) is 3.16. The van der Waals surface area contributed by atoms with Gasteiger partial charge < -0.3 is 9.80 Å². The number of piperazine rings is 1. The lowest BCUT2D eigenvalue weighted by Gasteiger charge is -2.35. The fourth-order valence-corrected chi connectivity index (χ4v) is 6.14. The first-order valence-electron chi connectivity index (χ1n) is 10.6. The van der Waals surface area contributed by atoms with Crippen molar-refractivity contribution in [3.8, 4) is 0 Å². The Hall–Kier alpha value is -2.10. The van der Waals surface area contributed by atoms with Crippen molar-refractivity contribution >= 4 is 33.2 Å².